The Labute approximate surface area is 151 Å². The fourth-order valence-corrected chi connectivity index (χ4v) is 2.97. The number of ether oxygens (including phenoxy) is 2. The van der Waals surface area contributed by atoms with Gasteiger partial charge in [0.15, 0.2) is 0 Å². The minimum Gasteiger partial charge on any atom is -0.497 e. The van der Waals surface area contributed by atoms with Gasteiger partial charge in [-0.05, 0) is 72.1 Å². The number of methoxy groups -OCH3 is 1. The van der Waals surface area contributed by atoms with Crippen molar-refractivity contribution in [2.75, 3.05) is 7.11 Å². The number of benzene rings is 3. The maximum Gasteiger partial charge on any atom is 0.127 e. The highest BCUT2D eigenvalue weighted by atomic mass is 19.1. The predicted molar refractivity (Wildman–Crippen MR) is 101 cm³/mol. The number of nitrogens with one attached hydrogen (secondary N) is 1. The van der Waals surface area contributed by atoms with Crippen LogP contribution in [0.3, 0.4) is 0 Å². The topological polar surface area (TPSA) is 34.2 Å². The molecule has 0 atom stereocenters. The first-order valence-corrected chi connectivity index (χ1v) is 8.37. The summed E-state index contributed by atoms with van der Waals surface area (Å²) in [6.07, 6.45) is 2.66. The van der Waals surface area contributed by atoms with Gasteiger partial charge >= 0.3 is 0 Å². The number of halogens is 1. The molecular formula is C22H18FNO2. The zero-order valence-electron chi connectivity index (χ0n) is 14.3. The fraction of sp³-hybridized carbons (Fsp3) is 0.0909. The molecule has 0 amide bonds. The number of hydrogen-bond donors (Lipinski definition) is 1. The Balaban J connectivity index is 1.49. The Morgan fingerprint density at radius 3 is 2.19 bits per heavy atom. The highest BCUT2D eigenvalue weighted by Crippen LogP contribution is 2.26. The first-order valence-electron chi connectivity index (χ1n) is 8.37. The van der Waals surface area contributed by atoms with Crippen LogP contribution in [0.1, 0.15) is 11.1 Å². The lowest BCUT2D eigenvalue weighted by Gasteiger charge is -2.08. The van der Waals surface area contributed by atoms with Gasteiger partial charge in [0.1, 0.15) is 23.1 Å². The van der Waals surface area contributed by atoms with Gasteiger partial charge in [-0.25, -0.2) is 4.39 Å². The summed E-state index contributed by atoms with van der Waals surface area (Å²) in [7, 11) is 1.64. The van der Waals surface area contributed by atoms with Gasteiger partial charge < -0.3 is 14.5 Å². The van der Waals surface area contributed by atoms with Crippen LogP contribution in [0.15, 0.2) is 72.9 Å². The van der Waals surface area contributed by atoms with E-state index in [1.807, 2.05) is 54.7 Å². The first-order chi connectivity index (χ1) is 12.7. The molecule has 130 valence electrons. The van der Waals surface area contributed by atoms with Gasteiger partial charge in [0.25, 0.3) is 0 Å². The van der Waals surface area contributed by atoms with Crippen LogP contribution in [-0.2, 0) is 6.42 Å². The molecular weight excluding hydrogens is 329 g/mol. The molecule has 0 unspecified atom stereocenters. The van der Waals surface area contributed by atoms with Crippen molar-refractivity contribution in [2.24, 2.45) is 0 Å². The van der Waals surface area contributed by atoms with E-state index in [0.717, 1.165) is 45.7 Å². The summed E-state index contributed by atoms with van der Waals surface area (Å²) in [5.74, 6) is 2.10. The molecule has 0 aliphatic carbocycles. The second kappa shape index (κ2) is 6.92. The molecule has 0 saturated carbocycles. The van der Waals surface area contributed by atoms with E-state index in [2.05, 4.69) is 4.98 Å². The molecule has 0 spiro atoms. The molecule has 1 N–H and O–H groups in total. The average Bonchev–Trinajstić information content (AvgIpc) is 3.06. The summed E-state index contributed by atoms with van der Waals surface area (Å²) in [5, 5.41) is 0.920. The van der Waals surface area contributed by atoms with Crippen molar-refractivity contribution in [2.45, 2.75) is 6.42 Å². The molecule has 1 aromatic heterocycles. The zero-order valence-corrected chi connectivity index (χ0v) is 14.3. The van der Waals surface area contributed by atoms with Gasteiger partial charge in [-0.15, -0.1) is 0 Å². The molecule has 0 bridgehead atoms. The molecule has 26 heavy (non-hydrogen) atoms. The SMILES string of the molecule is COc1ccc(Oc2ccc(Cc3c[nH]c4ccc(F)cc34)cc2)cc1. The number of aromatic amines is 1. The lowest BCUT2D eigenvalue weighted by atomic mass is 10.0. The summed E-state index contributed by atoms with van der Waals surface area (Å²) in [4.78, 5) is 3.19. The van der Waals surface area contributed by atoms with Crippen LogP contribution in [0.25, 0.3) is 10.9 Å². The second-order valence-electron chi connectivity index (χ2n) is 6.10. The quantitative estimate of drug-likeness (QED) is 0.502. The van der Waals surface area contributed by atoms with E-state index in [-0.39, 0.29) is 5.82 Å². The van der Waals surface area contributed by atoms with Gasteiger partial charge in [0.2, 0.25) is 0 Å². The molecule has 0 radical (unpaired) electrons. The minimum absolute atomic E-state index is 0.221. The van der Waals surface area contributed by atoms with Crippen molar-refractivity contribution >= 4 is 10.9 Å². The van der Waals surface area contributed by atoms with Crippen molar-refractivity contribution in [1.29, 1.82) is 0 Å². The van der Waals surface area contributed by atoms with Crippen LogP contribution in [-0.4, -0.2) is 12.1 Å². The van der Waals surface area contributed by atoms with E-state index >= 15 is 0 Å². The standard InChI is InChI=1S/C22H18FNO2/c1-25-18-7-9-20(10-8-18)26-19-5-2-15(3-6-19)12-16-14-24-22-11-4-17(23)13-21(16)22/h2-11,13-14,24H,12H2,1H3. The van der Waals surface area contributed by atoms with E-state index < -0.39 is 0 Å². The lowest BCUT2D eigenvalue weighted by molar-refractivity contribution is 0.413. The molecule has 0 aliphatic rings. The minimum atomic E-state index is -0.221. The van der Waals surface area contributed by atoms with Crippen LogP contribution in [0.2, 0.25) is 0 Å². The first kappa shape index (κ1) is 16.2. The molecule has 0 aliphatic heterocycles. The Kier molecular flexibility index (Phi) is 4.32. The van der Waals surface area contributed by atoms with Gasteiger partial charge in [-0.3, -0.25) is 0 Å². The maximum absolute atomic E-state index is 13.5. The van der Waals surface area contributed by atoms with Crippen LogP contribution in [0, 0.1) is 5.82 Å². The molecule has 1 heterocycles. The van der Waals surface area contributed by atoms with E-state index in [4.69, 9.17) is 9.47 Å². The molecule has 4 rings (SSSR count). The van der Waals surface area contributed by atoms with Gasteiger partial charge in [0.05, 0.1) is 7.11 Å². The normalized spacial score (nSPS) is 10.8. The largest absolute Gasteiger partial charge is 0.497 e. The monoisotopic (exact) mass is 347 g/mol. The fourth-order valence-electron chi connectivity index (χ4n) is 2.97. The molecule has 3 aromatic carbocycles. The van der Waals surface area contributed by atoms with Crippen molar-refractivity contribution < 1.29 is 13.9 Å². The third-order valence-electron chi connectivity index (χ3n) is 4.34. The highest BCUT2D eigenvalue weighted by Gasteiger charge is 2.06. The maximum atomic E-state index is 13.5. The summed E-state index contributed by atoms with van der Waals surface area (Å²) in [6, 6.07) is 20.2. The smallest absolute Gasteiger partial charge is 0.127 e. The van der Waals surface area contributed by atoms with E-state index in [1.54, 1.807) is 19.2 Å². The summed E-state index contributed by atoms with van der Waals surface area (Å²) >= 11 is 0. The molecule has 4 aromatic rings. The van der Waals surface area contributed by atoms with Gasteiger partial charge in [0, 0.05) is 17.1 Å². The average molecular weight is 347 g/mol. The molecule has 0 saturated heterocycles. The molecule has 4 heteroatoms. The van der Waals surface area contributed by atoms with Crippen LogP contribution in [0.5, 0.6) is 17.2 Å². The van der Waals surface area contributed by atoms with E-state index in [0.29, 0.717) is 0 Å². The molecule has 0 fully saturated rings. The van der Waals surface area contributed by atoms with E-state index in [9.17, 15) is 4.39 Å². The van der Waals surface area contributed by atoms with Crippen LogP contribution < -0.4 is 9.47 Å². The zero-order chi connectivity index (χ0) is 17.9. The third-order valence-corrected chi connectivity index (χ3v) is 4.34. The number of hydrogen-bond acceptors (Lipinski definition) is 2. The Hall–Kier alpha value is -3.27. The van der Waals surface area contributed by atoms with Gasteiger partial charge in [-0.1, -0.05) is 12.1 Å². The lowest BCUT2D eigenvalue weighted by Crippen LogP contribution is -1.89. The Morgan fingerprint density at radius 2 is 1.50 bits per heavy atom. The number of H-pyrrole nitrogens is 1. The Morgan fingerprint density at radius 1 is 0.846 bits per heavy atom. The van der Waals surface area contributed by atoms with Crippen molar-refractivity contribution in [1.82, 2.24) is 4.98 Å². The summed E-state index contributed by atoms with van der Waals surface area (Å²) < 4.78 is 24.5. The van der Waals surface area contributed by atoms with Crippen molar-refractivity contribution in [3.8, 4) is 17.2 Å². The summed E-state index contributed by atoms with van der Waals surface area (Å²) in [6.45, 7) is 0. The predicted octanol–water partition coefficient (Wildman–Crippen LogP) is 5.70. The Bertz CT molecular complexity index is 1020. The van der Waals surface area contributed by atoms with Crippen molar-refractivity contribution in [3.05, 3.63) is 89.9 Å². The van der Waals surface area contributed by atoms with Crippen LogP contribution in [0.4, 0.5) is 4.39 Å². The number of fused-ring (bicyclic) bond motifs is 1. The second-order valence-corrected chi connectivity index (χ2v) is 6.10. The third kappa shape index (κ3) is 3.40. The number of rotatable bonds is 5. The number of aromatic nitrogens is 1. The van der Waals surface area contributed by atoms with Crippen LogP contribution >= 0.6 is 0 Å². The van der Waals surface area contributed by atoms with Gasteiger partial charge in [-0.2, -0.15) is 0 Å². The van der Waals surface area contributed by atoms with Crippen molar-refractivity contribution in [3.63, 3.8) is 0 Å². The molecule has 3 nitrogen and oxygen atoms in total. The van der Waals surface area contributed by atoms with E-state index in [1.165, 1.54) is 6.07 Å². The highest BCUT2D eigenvalue weighted by molar-refractivity contribution is 5.83. The summed E-state index contributed by atoms with van der Waals surface area (Å²) in [5.41, 5.74) is 3.15.